The standard InChI is InChI=1S/C5H12.Ga.3H/c1-3-5-4-2;;;;/h3-5H2,1-2H3;;;;. The van der Waals surface area contributed by atoms with Gasteiger partial charge in [0, 0.05) is 0 Å². The Hall–Kier alpha value is 0.636. The quantitative estimate of drug-likeness (QED) is 0.508. The van der Waals surface area contributed by atoms with Crippen molar-refractivity contribution in [2.45, 2.75) is 33.1 Å². The summed E-state index contributed by atoms with van der Waals surface area (Å²) in [4.78, 5) is 0. The Morgan fingerprint density at radius 1 is 1.00 bits per heavy atom. The van der Waals surface area contributed by atoms with Crippen molar-refractivity contribution in [1.82, 2.24) is 0 Å². The Morgan fingerprint density at radius 3 is 1.33 bits per heavy atom. The zero-order valence-corrected chi connectivity index (χ0v) is 4.12. The van der Waals surface area contributed by atoms with Crippen LogP contribution in [0.1, 0.15) is 33.1 Å². The summed E-state index contributed by atoms with van der Waals surface area (Å²) in [7, 11) is 0. The Balaban J connectivity index is 0. The first kappa shape index (κ1) is 9.81. The molecule has 0 aromatic carbocycles. The van der Waals surface area contributed by atoms with E-state index < -0.39 is 0 Å². The molecule has 0 unspecified atom stereocenters. The third-order valence-corrected chi connectivity index (χ3v) is 0.707. The Kier molecular flexibility index (Phi) is 15.0. The van der Waals surface area contributed by atoms with Gasteiger partial charge in [0.2, 0.25) is 0 Å². The molecule has 0 saturated carbocycles. The zero-order valence-electron chi connectivity index (χ0n) is 4.12. The van der Waals surface area contributed by atoms with E-state index in [0.29, 0.717) is 0 Å². The van der Waals surface area contributed by atoms with E-state index in [2.05, 4.69) is 13.8 Å². The summed E-state index contributed by atoms with van der Waals surface area (Å²) in [5.41, 5.74) is 0. The minimum absolute atomic E-state index is 0. The first-order valence-electron chi connectivity index (χ1n) is 2.41. The summed E-state index contributed by atoms with van der Waals surface area (Å²) >= 11 is 0. The fourth-order valence-corrected chi connectivity index (χ4v) is 0.354. The van der Waals surface area contributed by atoms with Crippen molar-refractivity contribution < 1.29 is 0 Å². The van der Waals surface area contributed by atoms with E-state index >= 15 is 0 Å². The van der Waals surface area contributed by atoms with Crippen LogP contribution in [0.2, 0.25) is 0 Å². The monoisotopic (exact) mass is 144 g/mol. The summed E-state index contributed by atoms with van der Waals surface area (Å²) in [6.45, 7) is 4.42. The molecular formula is C5H15Ga. The molecule has 0 amide bonds. The number of hydrogen-bond acceptors (Lipinski definition) is 0. The molecule has 0 aromatic heterocycles. The van der Waals surface area contributed by atoms with E-state index in [9.17, 15) is 0 Å². The fourth-order valence-electron chi connectivity index (χ4n) is 0.354. The van der Waals surface area contributed by atoms with Crippen LogP contribution in [0, 0.1) is 0 Å². The van der Waals surface area contributed by atoms with Gasteiger partial charge in [-0.15, -0.1) is 0 Å². The molecule has 1 heteroatoms. The molecule has 0 saturated heterocycles. The number of unbranched alkanes of at least 4 members (excludes halogenated alkanes) is 2. The number of rotatable bonds is 2. The van der Waals surface area contributed by atoms with Gasteiger partial charge in [-0.3, -0.25) is 0 Å². The molecule has 0 rings (SSSR count). The van der Waals surface area contributed by atoms with Crippen LogP contribution < -0.4 is 0 Å². The van der Waals surface area contributed by atoms with Crippen molar-refractivity contribution in [2.75, 3.05) is 0 Å². The normalized spacial score (nSPS) is 7.00. The molecule has 0 aliphatic rings. The maximum absolute atomic E-state index is 2.21. The predicted molar refractivity (Wildman–Crippen MR) is 35.1 cm³/mol. The third-order valence-electron chi connectivity index (χ3n) is 0.707. The Bertz CT molecular complexity index is 11.4. The summed E-state index contributed by atoms with van der Waals surface area (Å²) in [5, 5.41) is 0. The van der Waals surface area contributed by atoms with Gasteiger partial charge in [-0.25, -0.2) is 0 Å². The van der Waals surface area contributed by atoms with Gasteiger partial charge >= 0.3 is 19.8 Å². The van der Waals surface area contributed by atoms with Gasteiger partial charge in [-0.1, -0.05) is 33.1 Å². The average molecular weight is 145 g/mol. The summed E-state index contributed by atoms with van der Waals surface area (Å²) in [6, 6.07) is 0. The second-order valence-corrected chi connectivity index (χ2v) is 1.35. The molecule has 0 fully saturated rings. The van der Waals surface area contributed by atoms with Gasteiger partial charge in [0.25, 0.3) is 0 Å². The van der Waals surface area contributed by atoms with Crippen LogP contribution >= 0.6 is 0 Å². The van der Waals surface area contributed by atoms with Crippen LogP contribution in [0.15, 0.2) is 0 Å². The van der Waals surface area contributed by atoms with Gasteiger partial charge in [0.05, 0.1) is 0 Å². The van der Waals surface area contributed by atoms with E-state index in [1.807, 2.05) is 0 Å². The van der Waals surface area contributed by atoms with Gasteiger partial charge in [0.15, 0.2) is 0 Å². The molecule has 0 bridgehead atoms. The number of hydrogen-bond donors (Lipinski definition) is 0. The molecule has 0 spiro atoms. The zero-order chi connectivity index (χ0) is 4.12. The van der Waals surface area contributed by atoms with Crippen molar-refractivity contribution in [2.24, 2.45) is 0 Å². The van der Waals surface area contributed by atoms with Gasteiger partial charge < -0.3 is 0 Å². The summed E-state index contributed by atoms with van der Waals surface area (Å²) in [6.07, 6.45) is 4.08. The third kappa shape index (κ3) is 8.82. The maximum atomic E-state index is 2.21. The van der Waals surface area contributed by atoms with Crippen LogP contribution in [0.3, 0.4) is 0 Å². The Labute approximate surface area is 53.4 Å². The molecule has 0 radical (unpaired) electrons. The van der Waals surface area contributed by atoms with Crippen molar-refractivity contribution >= 4 is 19.8 Å². The summed E-state index contributed by atoms with van der Waals surface area (Å²) < 4.78 is 0. The second-order valence-electron chi connectivity index (χ2n) is 1.35. The van der Waals surface area contributed by atoms with E-state index in [1.165, 1.54) is 19.3 Å². The van der Waals surface area contributed by atoms with Crippen LogP contribution in [0.4, 0.5) is 0 Å². The second kappa shape index (κ2) is 9.16. The minimum atomic E-state index is 0. The predicted octanol–water partition coefficient (Wildman–Crippen LogP) is 1.01. The first-order valence-corrected chi connectivity index (χ1v) is 2.41. The molecule has 6 heavy (non-hydrogen) atoms. The molecule has 0 heterocycles. The van der Waals surface area contributed by atoms with Crippen molar-refractivity contribution in [3.63, 3.8) is 0 Å². The van der Waals surface area contributed by atoms with Crippen molar-refractivity contribution in [1.29, 1.82) is 0 Å². The van der Waals surface area contributed by atoms with Crippen molar-refractivity contribution in [3.05, 3.63) is 0 Å². The Morgan fingerprint density at radius 2 is 1.33 bits per heavy atom. The summed E-state index contributed by atoms with van der Waals surface area (Å²) in [5.74, 6) is 0. The molecule has 0 aliphatic carbocycles. The van der Waals surface area contributed by atoms with Crippen LogP contribution in [0.25, 0.3) is 0 Å². The molecule has 0 atom stereocenters. The molecule has 0 aliphatic heterocycles. The SMILES string of the molecule is CCCCC.[GaH3]. The van der Waals surface area contributed by atoms with E-state index in [4.69, 9.17) is 0 Å². The van der Waals surface area contributed by atoms with Crippen LogP contribution in [-0.2, 0) is 0 Å². The molecular weight excluding hydrogens is 130 g/mol. The molecule has 0 N–H and O–H groups in total. The van der Waals surface area contributed by atoms with Crippen LogP contribution in [0.5, 0.6) is 0 Å². The first-order chi connectivity index (χ1) is 2.41. The van der Waals surface area contributed by atoms with Gasteiger partial charge in [-0.05, 0) is 0 Å². The topological polar surface area (TPSA) is 0 Å². The van der Waals surface area contributed by atoms with E-state index in [1.54, 1.807) is 0 Å². The fraction of sp³-hybridized carbons (Fsp3) is 1.00. The molecule has 38 valence electrons. The van der Waals surface area contributed by atoms with Crippen LogP contribution in [-0.4, -0.2) is 19.8 Å². The molecule has 0 nitrogen and oxygen atoms in total. The van der Waals surface area contributed by atoms with E-state index in [-0.39, 0.29) is 19.8 Å². The van der Waals surface area contributed by atoms with E-state index in [0.717, 1.165) is 0 Å². The van der Waals surface area contributed by atoms with Crippen molar-refractivity contribution in [3.8, 4) is 0 Å². The molecule has 0 aromatic rings. The van der Waals surface area contributed by atoms with Gasteiger partial charge in [0.1, 0.15) is 0 Å². The van der Waals surface area contributed by atoms with Gasteiger partial charge in [-0.2, -0.15) is 0 Å². The average Bonchev–Trinajstić information content (AvgIpc) is 1.41.